The lowest BCUT2D eigenvalue weighted by Crippen LogP contribution is -2.14. The molecule has 7 nitrogen and oxygen atoms in total. The number of nitrogens with one attached hydrogen (secondary N) is 2. The van der Waals surface area contributed by atoms with Crippen LogP contribution in [0, 0.1) is 6.92 Å². The summed E-state index contributed by atoms with van der Waals surface area (Å²) in [7, 11) is 3.16. The average Bonchev–Trinajstić information content (AvgIpc) is 3.06. The van der Waals surface area contributed by atoms with Gasteiger partial charge in [-0.05, 0) is 48.9 Å². The van der Waals surface area contributed by atoms with Crippen molar-refractivity contribution in [2.45, 2.75) is 6.92 Å². The minimum atomic E-state index is -0.350. The van der Waals surface area contributed by atoms with E-state index in [1.54, 1.807) is 49.6 Å². The number of halogens is 1. The van der Waals surface area contributed by atoms with Crippen molar-refractivity contribution < 1.29 is 14.3 Å². The fourth-order valence-corrected chi connectivity index (χ4v) is 2.77. The number of hydrogen-bond donors (Lipinski definition) is 2. The first-order valence-corrected chi connectivity index (χ1v) is 8.81. The molecule has 0 saturated heterocycles. The number of carbonyl (C=O) groups excluding carboxylic acids is 2. The van der Waals surface area contributed by atoms with Gasteiger partial charge in [-0.3, -0.25) is 14.3 Å². The molecule has 1 aromatic heterocycles. The second-order valence-corrected chi connectivity index (χ2v) is 6.61. The summed E-state index contributed by atoms with van der Waals surface area (Å²) in [5, 5.41) is 10.2. The van der Waals surface area contributed by atoms with Gasteiger partial charge in [-0.15, -0.1) is 5.10 Å². The number of anilines is 2. The molecule has 2 amide bonds. The lowest BCUT2D eigenvalue weighted by molar-refractivity contribution is 0.101. The van der Waals surface area contributed by atoms with Gasteiger partial charge in [0.2, 0.25) is 5.88 Å². The van der Waals surface area contributed by atoms with Gasteiger partial charge in [-0.2, -0.15) is 0 Å². The molecule has 3 aromatic rings. The van der Waals surface area contributed by atoms with E-state index in [9.17, 15) is 9.59 Å². The summed E-state index contributed by atoms with van der Waals surface area (Å²) < 4.78 is 6.59. The van der Waals surface area contributed by atoms with Crippen LogP contribution in [0.5, 0.6) is 5.88 Å². The summed E-state index contributed by atoms with van der Waals surface area (Å²) in [5.74, 6) is -0.373. The van der Waals surface area contributed by atoms with Gasteiger partial charge in [0.25, 0.3) is 11.8 Å². The first-order valence-electron chi connectivity index (χ1n) is 8.44. The fraction of sp³-hybridized carbons (Fsp3) is 0.150. The molecule has 0 saturated carbocycles. The van der Waals surface area contributed by atoms with Crippen molar-refractivity contribution in [3.63, 3.8) is 0 Å². The maximum atomic E-state index is 12.4. The summed E-state index contributed by atoms with van der Waals surface area (Å²) >= 11 is 5.98. The number of benzene rings is 2. The van der Waals surface area contributed by atoms with Crippen LogP contribution in [-0.4, -0.2) is 28.7 Å². The van der Waals surface area contributed by atoms with Gasteiger partial charge < -0.3 is 15.4 Å². The minimum absolute atomic E-state index is 0.243. The molecule has 144 valence electrons. The molecule has 0 unspecified atom stereocenters. The molecule has 3 rings (SSSR count). The fourth-order valence-electron chi connectivity index (χ4n) is 2.60. The second kappa shape index (κ2) is 8.14. The third-order valence-corrected chi connectivity index (χ3v) is 4.32. The number of aromatic nitrogens is 2. The highest BCUT2D eigenvalue weighted by Gasteiger charge is 2.16. The largest absolute Gasteiger partial charge is 0.479 e. The van der Waals surface area contributed by atoms with Crippen molar-refractivity contribution in [1.29, 1.82) is 0 Å². The van der Waals surface area contributed by atoms with Gasteiger partial charge >= 0.3 is 0 Å². The van der Waals surface area contributed by atoms with Gasteiger partial charge in [0.15, 0.2) is 0 Å². The van der Waals surface area contributed by atoms with E-state index in [-0.39, 0.29) is 17.7 Å². The first kappa shape index (κ1) is 19.4. The first-order chi connectivity index (χ1) is 13.4. The van der Waals surface area contributed by atoms with E-state index in [0.717, 1.165) is 5.56 Å². The van der Waals surface area contributed by atoms with E-state index >= 15 is 0 Å². The molecule has 0 aliphatic heterocycles. The number of methoxy groups -OCH3 is 1. The van der Waals surface area contributed by atoms with E-state index in [0.29, 0.717) is 27.5 Å². The van der Waals surface area contributed by atoms with Crippen molar-refractivity contribution in [2.75, 3.05) is 17.7 Å². The van der Waals surface area contributed by atoms with Crippen molar-refractivity contribution in [2.24, 2.45) is 7.05 Å². The van der Waals surface area contributed by atoms with Crippen LogP contribution >= 0.6 is 11.6 Å². The van der Waals surface area contributed by atoms with Crippen molar-refractivity contribution in [3.8, 4) is 5.88 Å². The number of aryl methyl sites for hydroxylation is 2. The summed E-state index contributed by atoms with van der Waals surface area (Å²) in [6, 6.07) is 11.9. The Morgan fingerprint density at radius 3 is 2.46 bits per heavy atom. The third-order valence-electron chi connectivity index (χ3n) is 4.09. The van der Waals surface area contributed by atoms with Gasteiger partial charge in [-0.25, -0.2) is 0 Å². The van der Waals surface area contributed by atoms with Crippen LogP contribution in [0.3, 0.4) is 0 Å². The molecule has 2 aromatic carbocycles. The molecular formula is C20H19ClN4O3. The number of amides is 2. The van der Waals surface area contributed by atoms with Crippen LogP contribution in [0.1, 0.15) is 26.3 Å². The van der Waals surface area contributed by atoms with Crippen molar-refractivity contribution >= 4 is 34.8 Å². The molecule has 0 fully saturated rings. The van der Waals surface area contributed by atoms with Gasteiger partial charge in [0.1, 0.15) is 5.56 Å². The van der Waals surface area contributed by atoms with Crippen molar-refractivity contribution in [3.05, 3.63) is 70.4 Å². The van der Waals surface area contributed by atoms with Crippen LogP contribution in [0.25, 0.3) is 0 Å². The number of hydrogen-bond acceptors (Lipinski definition) is 4. The summed E-state index contributed by atoms with van der Waals surface area (Å²) in [4.78, 5) is 24.9. The summed E-state index contributed by atoms with van der Waals surface area (Å²) in [6.45, 7) is 1.89. The molecular weight excluding hydrogens is 380 g/mol. The van der Waals surface area contributed by atoms with Gasteiger partial charge in [0.05, 0.1) is 7.11 Å². The normalized spacial score (nSPS) is 10.4. The lowest BCUT2D eigenvalue weighted by atomic mass is 10.1. The van der Waals surface area contributed by atoms with Crippen LogP contribution in [0.2, 0.25) is 5.02 Å². The molecule has 0 bridgehead atoms. The minimum Gasteiger partial charge on any atom is -0.479 e. The monoisotopic (exact) mass is 398 g/mol. The maximum absolute atomic E-state index is 12.4. The van der Waals surface area contributed by atoms with E-state index in [2.05, 4.69) is 15.7 Å². The quantitative estimate of drug-likeness (QED) is 0.682. The molecule has 0 atom stereocenters. The van der Waals surface area contributed by atoms with Crippen LogP contribution < -0.4 is 15.4 Å². The zero-order valence-electron chi connectivity index (χ0n) is 15.6. The Morgan fingerprint density at radius 2 is 1.79 bits per heavy atom. The smallest absolute Gasteiger partial charge is 0.262 e. The molecule has 1 heterocycles. The standard InChI is InChI=1S/C20H19ClN4O3/c1-12-4-7-14(21)10-17(12)23-18(26)13-5-8-15(9-6-13)22-19(27)16-11-25(2)24-20(16)28-3/h4-11H,1-3H3,(H,22,27)(H,23,26). The predicted molar refractivity (Wildman–Crippen MR) is 108 cm³/mol. The third kappa shape index (κ3) is 4.32. The lowest BCUT2D eigenvalue weighted by Gasteiger charge is -2.10. The number of rotatable bonds is 5. The predicted octanol–water partition coefficient (Wildman–Crippen LogP) is 3.90. The Hall–Kier alpha value is -3.32. The molecule has 0 radical (unpaired) electrons. The average molecular weight is 399 g/mol. The Labute approximate surface area is 167 Å². The van der Waals surface area contributed by atoms with Gasteiger partial charge in [0, 0.05) is 35.2 Å². The summed E-state index contributed by atoms with van der Waals surface area (Å²) in [5.41, 5.74) is 2.89. The Kier molecular flexibility index (Phi) is 5.65. The zero-order valence-corrected chi connectivity index (χ0v) is 16.4. The number of nitrogens with zero attached hydrogens (tertiary/aromatic N) is 2. The Morgan fingerprint density at radius 1 is 1.07 bits per heavy atom. The molecule has 2 N–H and O–H groups in total. The summed E-state index contributed by atoms with van der Waals surface area (Å²) in [6.07, 6.45) is 1.57. The van der Waals surface area contributed by atoms with Crippen LogP contribution in [0.4, 0.5) is 11.4 Å². The second-order valence-electron chi connectivity index (χ2n) is 6.17. The van der Waals surface area contributed by atoms with Crippen molar-refractivity contribution in [1.82, 2.24) is 9.78 Å². The number of ether oxygens (including phenoxy) is 1. The molecule has 28 heavy (non-hydrogen) atoms. The Balaban J connectivity index is 1.70. The highest BCUT2D eigenvalue weighted by molar-refractivity contribution is 6.31. The highest BCUT2D eigenvalue weighted by atomic mass is 35.5. The van der Waals surface area contributed by atoms with E-state index in [1.807, 2.05) is 13.0 Å². The molecule has 0 aliphatic carbocycles. The maximum Gasteiger partial charge on any atom is 0.262 e. The molecule has 0 aliphatic rings. The SMILES string of the molecule is COc1nn(C)cc1C(=O)Nc1ccc(C(=O)Nc2cc(Cl)ccc2C)cc1. The Bertz CT molecular complexity index is 1030. The highest BCUT2D eigenvalue weighted by Crippen LogP contribution is 2.22. The van der Waals surface area contributed by atoms with E-state index in [4.69, 9.17) is 16.3 Å². The molecule has 8 heteroatoms. The number of carbonyl (C=O) groups is 2. The van der Waals surface area contributed by atoms with E-state index < -0.39 is 0 Å². The van der Waals surface area contributed by atoms with Crippen LogP contribution in [-0.2, 0) is 7.05 Å². The van der Waals surface area contributed by atoms with E-state index in [1.165, 1.54) is 11.8 Å². The van der Waals surface area contributed by atoms with Gasteiger partial charge in [-0.1, -0.05) is 17.7 Å². The topological polar surface area (TPSA) is 85.2 Å². The van der Waals surface area contributed by atoms with Crippen LogP contribution in [0.15, 0.2) is 48.7 Å². The zero-order chi connectivity index (χ0) is 20.3. The molecule has 0 spiro atoms.